The SMILES string of the molecule is CCCCOc1ccc(CCc2ccc3c(F)c(CCc4ccc(OC(F)(F)F)c(F)c4)ccc3c2)cc1. The zero-order valence-corrected chi connectivity index (χ0v) is 21.1. The van der Waals surface area contributed by atoms with Gasteiger partial charge in [-0.2, -0.15) is 0 Å². The molecule has 0 aliphatic heterocycles. The van der Waals surface area contributed by atoms with E-state index in [1.807, 2.05) is 30.3 Å². The molecular formula is C31H29F5O2. The summed E-state index contributed by atoms with van der Waals surface area (Å²) in [5.41, 5.74) is 3.21. The molecule has 0 radical (unpaired) electrons. The first-order valence-corrected chi connectivity index (χ1v) is 12.7. The van der Waals surface area contributed by atoms with Gasteiger partial charge in [-0.1, -0.05) is 61.9 Å². The highest BCUT2D eigenvalue weighted by atomic mass is 19.4. The lowest BCUT2D eigenvalue weighted by Crippen LogP contribution is -2.18. The van der Waals surface area contributed by atoms with Crippen molar-refractivity contribution in [2.75, 3.05) is 6.61 Å². The number of hydrogen-bond acceptors (Lipinski definition) is 2. The van der Waals surface area contributed by atoms with E-state index in [2.05, 4.69) is 23.8 Å². The van der Waals surface area contributed by atoms with Crippen molar-refractivity contribution in [1.29, 1.82) is 0 Å². The Morgan fingerprint density at radius 1 is 0.711 bits per heavy atom. The van der Waals surface area contributed by atoms with Crippen molar-refractivity contribution < 1.29 is 31.4 Å². The van der Waals surface area contributed by atoms with Gasteiger partial charge in [-0.3, -0.25) is 0 Å². The Morgan fingerprint density at radius 2 is 1.37 bits per heavy atom. The first kappa shape index (κ1) is 27.4. The molecule has 0 saturated heterocycles. The topological polar surface area (TPSA) is 18.5 Å². The molecule has 38 heavy (non-hydrogen) atoms. The van der Waals surface area contributed by atoms with Gasteiger partial charge < -0.3 is 9.47 Å². The molecule has 0 bridgehead atoms. The third-order valence-corrected chi connectivity index (χ3v) is 6.40. The van der Waals surface area contributed by atoms with Gasteiger partial charge in [-0.05, 0) is 84.0 Å². The molecule has 0 atom stereocenters. The highest BCUT2D eigenvalue weighted by Crippen LogP contribution is 2.28. The van der Waals surface area contributed by atoms with Gasteiger partial charge in [-0.15, -0.1) is 13.2 Å². The van der Waals surface area contributed by atoms with Crippen molar-refractivity contribution in [2.24, 2.45) is 0 Å². The van der Waals surface area contributed by atoms with Crippen LogP contribution < -0.4 is 9.47 Å². The molecule has 200 valence electrons. The van der Waals surface area contributed by atoms with Gasteiger partial charge in [0.1, 0.15) is 11.6 Å². The maximum absolute atomic E-state index is 15.2. The molecule has 0 spiro atoms. The van der Waals surface area contributed by atoms with Crippen LogP contribution in [0.4, 0.5) is 22.0 Å². The molecule has 4 aromatic carbocycles. The zero-order valence-electron chi connectivity index (χ0n) is 21.1. The third kappa shape index (κ3) is 7.46. The second kappa shape index (κ2) is 12.3. The van der Waals surface area contributed by atoms with Crippen LogP contribution in [-0.4, -0.2) is 13.0 Å². The summed E-state index contributed by atoms with van der Waals surface area (Å²) in [5, 5.41) is 1.29. The van der Waals surface area contributed by atoms with Crippen LogP contribution in [0.5, 0.6) is 11.5 Å². The van der Waals surface area contributed by atoms with Gasteiger partial charge in [0, 0.05) is 5.39 Å². The fourth-order valence-electron chi connectivity index (χ4n) is 4.30. The second-order valence-electron chi connectivity index (χ2n) is 9.25. The van der Waals surface area contributed by atoms with Crippen LogP contribution in [0.2, 0.25) is 0 Å². The number of ether oxygens (including phenoxy) is 2. The summed E-state index contributed by atoms with van der Waals surface area (Å²) >= 11 is 0. The summed E-state index contributed by atoms with van der Waals surface area (Å²) < 4.78 is 75.5. The summed E-state index contributed by atoms with van der Waals surface area (Å²) in [5.74, 6) is -1.47. The average Bonchev–Trinajstić information content (AvgIpc) is 2.89. The fraction of sp³-hybridized carbons (Fsp3) is 0.290. The normalized spacial score (nSPS) is 11.6. The first-order chi connectivity index (χ1) is 18.2. The minimum atomic E-state index is -4.97. The predicted molar refractivity (Wildman–Crippen MR) is 139 cm³/mol. The van der Waals surface area contributed by atoms with Gasteiger partial charge in [0.05, 0.1) is 6.61 Å². The zero-order chi connectivity index (χ0) is 27.1. The van der Waals surface area contributed by atoms with Crippen LogP contribution in [0.15, 0.2) is 72.8 Å². The molecule has 4 rings (SSSR count). The molecule has 0 unspecified atom stereocenters. The Balaban J connectivity index is 1.37. The van der Waals surface area contributed by atoms with Crippen molar-refractivity contribution in [3.63, 3.8) is 0 Å². The fourth-order valence-corrected chi connectivity index (χ4v) is 4.30. The lowest BCUT2D eigenvalue weighted by Gasteiger charge is -2.11. The number of benzene rings is 4. The molecule has 0 aliphatic rings. The van der Waals surface area contributed by atoms with E-state index in [4.69, 9.17) is 4.74 Å². The molecule has 2 nitrogen and oxygen atoms in total. The minimum absolute atomic E-state index is 0.270. The molecule has 0 heterocycles. The van der Waals surface area contributed by atoms with Crippen molar-refractivity contribution in [3.05, 3.63) is 107 Å². The average molecular weight is 529 g/mol. The van der Waals surface area contributed by atoms with Crippen molar-refractivity contribution in [3.8, 4) is 11.5 Å². The maximum atomic E-state index is 15.2. The Morgan fingerprint density at radius 3 is 2.08 bits per heavy atom. The van der Waals surface area contributed by atoms with E-state index in [1.165, 1.54) is 11.6 Å². The highest BCUT2D eigenvalue weighted by molar-refractivity contribution is 5.84. The van der Waals surface area contributed by atoms with Crippen LogP contribution in [0, 0.1) is 11.6 Å². The van der Waals surface area contributed by atoms with Crippen LogP contribution in [0.1, 0.15) is 42.0 Å². The standard InChI is InChI=1S/C31H29F5O2/c1-2-3-18-37-26-14-7-21(8-15-26)4-5-22-9-16-27-25(19-22)13-12-24(30(27)33)11-6-23-10-17-29(28(32)20-23)38-31(34,35)36/h7-10,12-17,19-20H,2-6,11,18H2,1H3. The number of aryl methyl sites for hydroxylation is 4. The summed E-state index contributed by atoms with van der Waals surface area (Å²) in [4.78, 5) is 0. The van der Waals surface area contributed by atoms with Crippen molar-refractivity contribution in [1.82, 2.24) is 0 Å². The smallest absolute Gasteiger partial charge is 0.494 e. The first-order valence-electron chi connectivity index (χ1n) is 12.7. The van der Waals surface area contributed by atoms with Gasteiger partial charge in [-0.25, -0.2) is 8.78 Å². The summed E-state index contributed by atoms with van der Waals surface area (Å²) in [7, 11) is 0. The van der Waals surface area contributed by atoms with Crippen LogP contribution in [-0.2, 0) is 25.7 Å². The van der Waals surface area contributed by atoms with Gasteiger partial charge in [0.2, 0.25) is 0 Å². The van der Waals surface area contributed by atoms with Crippen LogP contribution >= 0.6 is 0 Å². The third-order valence-electron chi connectivity index (χ3n) is 6.40. The Kier molecular flexibility index (Phi) is 8.87. The van der Waals surface area contributed by atoms with E-state index < -0.39 is 17.9 Å². The summed E-state index contributed by atoms with van der Waals surface area (Å²) in [6.07, 6.45) is -0.626. The number of alkyl halides is 3. The molecule has 0 N–H and O–H groups in total. The van der Waals surface area contributed by atoms with Crippen LogP contribution in [0.3, 0.4) is 0 Å². The summed E-state index contributed by atoms with van der Waals surface area (Å²) in [6, 6.07) is 20.6. The second-order valence-corrected chi connectivity index (χ2v) is 9.25. The largest absolute Gasteiger partial charge is 0.573 e. The van der Waals surface area contributed by atoms with Crippen molar-refractivity contribution in [2.45, 2.75) is 51.8 Å². The minimum Gasteiger partial charge on any atom is -0.494 e. The number of unbranched alkanes of at least 4 members (excludes halogenated alkanes) is 1. The highest BCUT2D eigenvalue weighted by Gasteiger charge is 2.32. The van der Waals surface area contributed by atoms with E-state index in [0.29, 0.717) is 16.5 Å². The van der Waals surface area contributed by atoms with Gasteiger partial charge in [0.25, 0.3) is 0 Å². The Hall–Kier alpha value is -3.61. The molecule has 7 heteroatoms. The lowest BCUT2D eigenvalue weighted by atomic mass is 9.97. The van der Waals surface area contributed by atoms with Gasteiger partial charge >= 0.3 is 6.36 Å². The predicted octanol–water partition coefficient (Wildman–Crippen LogP) is 8.77. The van der Waals surface area contributed by atoms with Gasteiger partial charge in [0.15, 0.2) is 11.6 Å². The number of hydrogen-bond donors (Lipinski definition) is 0. The van der Waals surface area contributed by atoms with E-state index in [-0.39, 0.29) is 18.7 Å². The van der Waals surface area contributed by atoms with E-state index in [9.17, 15) is 17.6 Å². The van der Waals surface area contributed by atoms with Crippen LogP contribution in [0.25, 0.3) is 10.8 Å². The molecule has 0 fully saturated rings. The number of rotatable bonds is 11. The number of fused-ring (bicyclic) bond motifs is 1. The monoisotopic (exact) mass is 528 g/mol. The molecule has 0 aliphatic carbocycles. The quantitative estimate of drug-likeness (QED) is 0.143. The van der Waals surface area contributed by atoms with E-state index in [1.54, 1.807) is 12.1 Å². The Labute approximate surface area is 219 Å². The molecule has 0 saturated carbocycles. The molecular weight excluding hydrogens is 499 g/mol. The van der Waals surface area contributed by atoms with E-state index in [0.717, 1.165) is 61.1 Å². The Bertz CT molecular complexity index is 1360. The van der Waals surface area contributed by atoms with Crippen molar-refractivity contribution >= 4 is 10.8 Å². The molecule has 0 amide bonds. The maximum Gasteiger partial charge on any atom is 0.573 e. The summed E-state index contributed by atoms with van der Waals surface area (Å²) in [6.45, 7) is 2.85. The molecule has 0 aromatic heterocycles. The molecule has 4 aromatic rings. The number of halogens is 5. The van der Waals surface area contributed by atoms with E-state index >= 15 is 4.39 Å². The lowest BCUT2D eigenvalue weighted by molar-refractivity contribution is -0.275.